The Labute approximate surface area is 137 Å². The molecule has 1 aromatic carbocycles. The summed E-state index contributed by atoms with van der Waals surface area (Å²) in [6.45, 7) is 8.35. The predicted octanol–water partition coefficient (Wildman–Crippen LogP) is 1.95. The highest BCUT2D eigenvalue weighted by Crippen LogP contribution is 2.18. The number of aryl methyl sites for hydroxylation is 2. The molecular weight excluding hydrogens is 288 g/mol. The zero-order chi connectivity index (χ0) is 16.2. The highest BCUT2D eigenvalue weighted by Gasteiger charge is 2.21. The molecule has 2 aromatic rings. The first-order valence-electron chi connectivity index (χ1n) is 8.14. The summed E-state index contributed by atoms with van der Waals surface area (Å²) in [5.41, 5.74) is 1.99. The van der Waals surface area contributed by atoms with Gasteiger partial charge in [0.15, 0.2) is 0 Å². The Morgan fingerprint density at radius 1 is 1.04 bits per heavy atom. The van der Waals surface area contributed by atoms with Crippen LogP contribution in [0.2, 0.25) is 0 Å². The number of aliphatic hydroxyl groups excluding tert-OH is 1. The first-order valence-corrected chi connectivity index (χ1v) is 8.14. The number of hydrogen-bond acceptors (Lipinski definition) is 5. The van der Waals surface area contributed by atoms with Crippen LogP contribution in [0.1, 0.15) is 23.2 Å². The predicted molar refractivity (Wildman–Crippen MR) is 91.6 cm³/mol. The fraction of sp³-hybridized carbons (Fsp3) is 0.444. The van der Waals surface area contributed by atoms with Gasteiger partial charge in [-0.15, -0.1) is 0 Å². The fourth-order valence-corrected chi connectivity index (χ4v) is 3.04. The Kier molecular flexibility index (Phi) is 4.88. The van der Waals surface area contributed by atoms with Crippen molar-refractivity contribution in [3.63, 3.8) is 0 Å². The van der Waals surface area contributed by atoms with Gasteiger partial charge >= 0.3 is 0 Å². The number of piperazine rings is 1. The average Bonchev–Trinajstić information content (AvgIpc) is 2.55. The third-order valence-electron chi connectivity index (χ3n) is 4.26. The van der Waals surface area contributed by atoms with E-state index in [1.807, 2.05) is 50.2 Å². The molecule has 1 aliphatic rings. The maximum Gasteiger partial charge on any atom is 0.132 e. The maximum atomic E-state index is 10.4. The Morgan fingerprint density at radius 3 is 2.39 bits per heavy atom. The third-order valence-corrected chi connectivity index (χ3v) is 4.26. The molecule has 122 valence electrons. The second-order valence-electron chi connectivity index (χ2n) is 6.13. The average molecular weight is 312 g/mol. The first-order chi connectivity index (χ1) is 11.1. The van der Waals surface area contributed by atoms with Crippen molar-refractivity contribution in [3.05, 3.63) is 53.5 Å². The molecule has 0 spiro atoms. The van der Waals surface area contributed by atoms with E-state index in [0.29, 0.717) is 6.54 Å². The molecule has 0 amide bonds. The van der Waals surface area contributed by atoms with Crippen molar-refractivity contribution >= 4 is 5.82 Å². The van der Waals surface area contributed by atoms with Crippen LogP contribution < -0.4 is 4.90 Å². The molecule has 1 saturated heterocycles. The molecular formula is C18H24N4O. The van der Waals surface area contributed by atoms with Gasteiger partial charge in [-0.2, -0.15) is 0 Å². The number of anilines is 1. The second-order valence-corrected chi connectivity index (χ2v) is 6.13. The molecule has 23 heavy (non-hydrogen) atoms. The van der Waals surface area contributed by atoms with Crippen LogP contribution in [0.5, 0.6) is 0 Å². The van der Waals surface area contributed by atoms with Gasteiger partial charge in [-0.1, -0.05) is 30.3 Å². The standard InChI is InChI=1S/C18H24N4O/c1-14-12-18(20-15(2)19-14)22-10-8-21(9-11-22)13-17(23)16-6-4-3-5-7-16/h3-7,12,17,23H,8-11,13H2,1-2H3. The Balaban J connectivity index is 1.56. The Morgan fingerprint density at radius 2 is 1.74 bits per heavy atom. The van der Waals surface area contributed by atoms with E-state index in [9.17, 15) is 5.11 Å². The molecule has 1 atom stereocenters. The molecule has 0 saturated carbocycles. The lowest BCUT2D eigenvalue weighted by atomic mass is 10.1. The number of benzene rings is 1. The van der Waals surface area contributed by atoms with Crippen LogP contribution in [0.3, 0.4) is 0 Å². The van der Waals surface area contributed by atoms with Crippen LogP contribution in [0.25, 0.3) is 0 Å². The van der Waals surface area contributed by atoms with Crippen molar-refractivity contribution in [2.75, 3.05) is 37.6 Å². The van der Waals surface area contributed by atoms with Gasteiger partial charge in [0.1, 0.15) is 11.6 Å². The van der Waals surface area contributed by atoms with Crippen molar-refractivity contribution in [2.45, 2.75) is 20.0 Å². The molecule has 0 aliphatic carbocycles. The number of hydrogen-bond donors (Lipinski definition) is 1. The monoisotopic (exact) mass is 312 g/mol. The number of rotatable bonds is 4. The first kappa shape index (κ1) is 15.9. The number of β-amino-alcohol motifs (C(OH)–C–C–N with tert-alkyl or cyclic N) is 1. The lowest BCUT2D eigenvalue weighted by molar-refractivity contribution is 0.109. The number of aliphatic hydroxyl groups is 1. The minimum Gasteiger partial charge on any atom is -0.387 e. The van der Waals surface area contributed by atoms with Crippen molar-refractivity contribution in [3.8, 4) is 0 Å². The van der Waals surface area contributed by atoms with Crippen LogP contribution in [0.15, 0.2) is 36.4 Å². The zero-order valence-corrected chi connectivity index (χ0v) is 13.8. The van der Waals surface area contributed by atoms with Crippen molar-refractivity contribution in [1.82, 2.24) is 14.9 Å². The quantitative estimate of drug-likeness (QED) is 0.935. The minimum absolute atomic E-state index is 0.425. The molecule has 1 fully saturated rings. The molecule has 2 heterocycles. The topological polar surface area (TPSA) is 52.5 Å². The Hall–Kier alpha value is -1.98. The van der Waals surface area contributed by atoms with Crippen molar-refractivity contribution in [2.24, 2.45) is 0 Å². The Bertz CT molecular complexity index is 618. The SMILES string of the molecule is Cc1cc(N2CCN(CC(O)c3ccccc3)CC2)nc(C)n1. The van der Waals surface area contributed by atoms with Gasteiger partial charge < -0.3 is 10.0 Å². The van der Waals surface area contributed by atoms with Crippen LogP contribution in [-0.4, -0.2) is 52.7 Å². The molecule has 3 rings (SSSR count). The smallest absolute Gasteiger partial charge is 0.132 e. The molecule has 1 N–H and O–H groups in total. The van der Waals surface area contributed by atoms with Crippen LogP contribution in [0, 0.1) is 13.8 Å². The van der Waals surface area contributed by atoms with E-state index >= 15 is 0 Å². The van der Waals surface area contributed by atoms with Gasteiger partial charge in [-0.25, -0.2) is 9.97 Å². The zero-order valence-electron chi connectivity index (χ0n) is 13.8. The van der Waals surface area contributed by atoms with Crippen LogP contribution in [0.4, 0.5) is 5.82 Å². The fourth-order valence-electron chi connectivity index (χ4n) is 3.04. The molecule has 5 nitrogen and oxygen atoms in total. The lowest BCUT2D eigenvalue weighted by Gasteiger charge is -2.36. The number of nitrogens with zero attached hydrogens (tertiary/aromatic N) is 4. The highest BCUT2D eigenvalue weighted by atomic mass is 16.3. The molecule has 1 unspecified atom stereocenters. The highest BCUT2D eigenvalue weighted by molar-refractivity contribution is 5.40. The number of aromatic nitrogens is 2. The van der Waals surface area contributed by atoms with Crippen LogP contribution in [-0.2, 0) is 0 Å². The van der Waals surface area contributed by atoms with Gasteiger partial charge in [0.05, 0.1) is 6.10 Å². The molecule has 0 radical (unpaired) electrons. The van der Waals surface area contributed by atoms with E-state index in [1.165, 1.54) is 0 Å². The third kappa shape index (κ3) is 4.06. The van der Waals surface area contributed by atoms with E-state index in [2.05, 4.69) is 19.8 Å². The molecule has 1 aromatic heterocycles. The van der Waals surface area contributed by atoms with Gasteiger partial charge in [0.2, 0.25) is 0 Å². The van der Waals surface area contributed by atoms with E-state index in [1.54, 1.807) is 0 Å². The van der Waals surface area contributed by atoms with Gasteiger partial charge in [-0.05, 0) is 19.4 Å². The normalized spacial score (nSPS) is 17.3. The van der Waals surface area contributed by atoms with Gasteiger partial charge in [0, 0.05) is 44.5 Å². The summed E-state index contributed by atoms with van der Waals surface area (Å²) in [4.78, 5) is 13.5. The summed E-state index contributed by atoms with van der Waals surface area (Å²) in [6, 6.07) is 11.9. The van der Waals surface area contributed by atoms with Gasteiger partial charge in [0.25, 0.3) is 0 Å². The van der Waals surface area contributed by atoms with E-state index in [0.717, 1.165) is 49.1 Å². The summed E-state index contributed by atoms with van der Waals surface area (Å²) in [6.07, 6.45) is -0.425. The second kappa shape index (κ2) is 7.06. The van der Waals surface area contributed by atoms with E-state index in [4.69, 9.17) is 0 Å². The summed E-state index contributed by atoms with van der Waals surface area (Å²) in [5.74, 6) is 1.83. The summed E-state index contributed by atoms with van der Waals surface area (Å²) < 4.78 is 0. The maximum absolute atomic E-state index is 10.4. The largest absolute Gasteiger partial charge is 0.387 e. The molecule has 0 bridgehead atoms. The molecule has 1 aliphatic heterocycles. The van der Waals surface area contributed by atoms with Crippen molar-refractivity contribution < 1.29 is 5.11 Å². The summed E-state index contributed by atoms with van der Waals surface area (Å²) in [7, 11) is 0. The van der Waals surface area contributed by atoms with Crippen molar-refractivity contribution in [1.29, 1.82) is 0 Å². The molecule has 5 heteroatoms. The lowest BCUT2D eigenvalue weighted by Crippen LogP contribution is -2.47. The van der Waals surface area contributed by atoms with Gasteiger partial charge in [-0.3, -0.25) is 4.90 Å². The summed E-state index contributed by atoms with van der Waals surface area (Å²) >= 11 is 0. The van der Waals surface area contributed by atoms with E-state index in [-0.39, 0.29) is 0 Å². The minimum atomic E-state index is -0.425. The van der Waals surface area contributed by atoms with Crippen LogP contribution >= 0.6 is 0 Å². The summed E-state index contributed by atoms with van der Waals surface area (Å²) in [5, 5.41) is 10.4. The van der Waals surface area contributed by atoms with E-state index < -0.39 is 6.10 Å².